The molecule has 1 aliphatic rings. The summed E-state index contributed by atoms with van der Waals surface area (Å²) in [5.74, 6) is 0.0853. The summed E-state index contributed by atoms with van der Waals surface area (Å²) in [5, 5.41) is 3.04. The third-order valence-corrected chi connectivity index (χ3v) is 4.05. The summed E-state index contributed by atoms with van der Waals surface area (Å²) in [7, 11) is 1.62. The number of carbonyl (C=O) groups excluding carboxylic acids is 1. The van der Waals surface area contributed by atoms with Crippen LogP contribution in [-0.2, 0) is 16.1 Å². The number of methoxy groups -OCH3 is 1. The molecule has 0 saturated carbocycles. The van der Waals surface area contributed by atoms with Gasteiger partial charge in [0.05, 0.1) is 6.61 Å². The summed E-state index contributed by atoms with van der Waals surface area (Å²) in [6.45, 7) is 3.33. The number of carbonyl (C=O) groups is 1. The van der Waals surface area contributed by atoms with Crippen LogP contribution in [0.4, 0.5) is 0 Å². The van der Waals surface area contributed by atoms with Crippen molar-refractivity contribution in [1.29, 1.82) is 0 Å². The Morgan fingerprint density at radius 1 is 1.33 bits per heavy atom. The molecule has 1 N–H and O–H groups in total. The average Bonchev–Trinajstić information content (AvgIpc) is 2.53. The number of rotatable bonds is 7. The van der Waals surface area contributed by atoms with Crippen molar-refractivity contribution in [2.45, 2.75) is 38.3 Å². The summed E-state index contributed by atoms with van der Waals surface area (Å²) >= 11 is 0. The number of nitrogens with one attached hydrogen (secondary N) is 1. The maximum atomic E-state index is 11.7. The van der Waals surface area contributed by atoms with Crippen LogP contribution in [0.25, 0.3) is 0 Å². The highest BCUT2D eigenvalue weighted by molar-refractivity contribution is 5.75. The lowest BCUT2D eigenvalue weighted by molar-refractivity contribution is -0.122. The molecule has 116 valence electrons. The minimum atomic E-state index is 0.0853. The van der Waals surface area contributed by atoms with Gasteiger partial charge in [-0.25, -0.2) is 0 Å². The standard InChI is InChI=1S/C17H26N2O2/c1-21-12-10-17(20)18-13-16-9-5-6-11-19(16)14-15-7-3-2-4-8-15/h2-4,7-8,16H,5-6,9-14H2,1H3,(H,18,20). The molecule has 1 atom stereocenters. The highest BCUT2D eigenvalue weighted by Crippen LogP contribution is 2.19. The van der Waals surface area contributed by atoms with Crippen molar-refractivity contribution in [2.24, 2.45) is 0 Å². The van der Waals surface area contributed by atoms with E-state index in [-0.39, 0.29) is 5.91 Å². The minimum Gasteiger partial charge on any atom is -0.384 e. The molecule has 0 aliphatic carbocycles. The molecule has 21 heavy (non-hydrogen) atoms. The van der Waals surface area contributed by atoms with Crippen LogP contribution in [0, 0.1) is 0 Å². The molecule has 0 bridgehead atoms. The first kappa shape index (κ1) is 16.0. The lowest BCUT2D eigenvalue weighted by Crippen LogP contribution is -2.46. The monoisotopic (exact) mass is 290 g/mol. The van der Waals surface area contributed by atoms with Gasteiger partial charge in [0, 0.05) is 32.7 Å². The van der Waals surface area contributed by atoms with Crippen LogP contribution in [0.1, 0.15) is 31.2 Å². The van der Waals surface area contributed by atoms with Gasteiger partial charge in [0.15, 0.2) is 0 Å². The second-order valence-electron chi connectivity index (χ2n) is 5.65. The maximum Gasteiger partial charge on any atom is 0.222 e. The van der Waals surface area contributed by atoms with Crippen molar-refractivity contribution < 1.29 is 9.53 Å². The van der Waals surface area contributed by atoms with Gasteiger partial charge in [-0.05, 0) is 24.9 Å². The second kappa shape index (κ2) is 8.80. The molecule has 1 saturated heterocycles. The van der Waals surface area contributed by atoms with Gasteiger partial charge in [-0.15, -0.1) is 0 Å². The quantitative estimate of drug-likeness (QED) is 0.837. The van der Waals surface area contributed by atoms with E-state index in [0.29, 0.717) is 19.1 Å². The van der Waals surface area contributed by atoms with Crippen molar-refractivity contribution in [3.8, 4) is 0 Å². The molecule has 1 unspecified atom stereocenters. The molecule has 1 heterocycles. The number of hydrogen-bond acceptors (Lipinski definition) is 3. The van der Waals surface area contributed by atoms with E-state index in [0.717, 1.165) is 26.1 Å². The van der Waals surface area contributed by atoms with E-state index in [4.69, 9.17) is 4.74 Å². The molecule has 0 radical (unpaired) electrons. The highest BCUT2D eigenvalue weighted by Gasteiger charge is 2.22. The van der Waals surface area contributed by atoms with Crippen LogP contribution in [0.15, 0.2) is 30.3 Å². The fourth-order valence-corrected chi connectivity index (χ4v) is 2.83. The summed E-state index contributed by atoms with van der Waals surface area (Å²) < 4.78 is 4.93. The smallest absolute Gasteiger partial charge is 0.222 e. The van der Waals surface area contributed by atoms with Gasteiger partial charge in [-0.2, -0.15) is 0 Å². The van der Waals surface area contributed by atoms with Crippen LogP contribution in [-0.4, -0.2) is 43.7 Å². The number of amides is 1. The minimum absolute atomic E-state index is 0.0853. The summed E-state index contributed by atoms with van der Waals surface area (Å²) in [6.07, 6.45) is 4.12. The van der Waals surface area contributed by atoms with Crippen LogP contribution >= 0.6 is 0 Å². The van der Waals surface area contributed by atoms with Crippen LogP contribution < -0.4 is 5.32 Å². The zero-order chi connectivity index (χ0) is 14.9. The zero-order valence-corrected chi connectivity index (χ0v) is 12.9. The van der Waals surface area contributed by atoms with Crippen molar-refractivity contribution in [1.82, 2.24) is 10.2 Å². The van der Waals surface area contributed by atoms with Crippen molar-refractivity contribution in [3.05, 3.63) is 35.9 Å². The summed E-state index contributed by atoms with van der Waals surface area (Å²) in [6, 6.07) is 11.0. The largest absolute Gasteiger partial charge is 0.384 e. The molecule has 1 aromatic rings. The first-order chi connectivity index (χ1) is 10.3. The lowest BCUT2D eigenvalue weighted by atomic mass is 10.0. The van der Waals surface area contributed by atoms with Gasteiger partial charge >= 0.3 is 0 Å². The SMILES string of the molecule is COCCC(=O)NCC1CCCCN1Cc1ccccc1. The number of nitrogens with zero attached hydrogens (tertiary/aromatic N) is 1. The Morgan fingerprint density at radius 2 is 2.14 bits per heavy atom. The lowest BCUT2D eigenvalue weighted by Gasteiger charge is -2.35. The molecule has 4 heteroatoms. The van der Waals surface area contributed by atoms with Gasteiger partial charge < -0.3 is 10.1 Å². The van der Waals surface area contributed by atoms with Crippen LogP contribution in [0.5, 0.6) is 0 Å². The summed E-state index contributed by atoms with van der Waals surface area (Å²) in [5.41, 5.74) is 1.34. The Hall–Kier alpha value is -1.39. The predicted molar refractivity (Wildman–Crippen MR) is 84.0 cm³/mol. The van der Waals surface area contributed by atoms with E-state index < -0.39 is 0 Å². The number of benzene rings is 1. The molecule has 1 aromatic carbocycles. The maximum absolute atomic E-state index is 11.7. The average molecular weight is 290 g/mol. The Morgan fingerprint density at radius 3 is 2.90 bits per heavy atom. The first-order valence-corrected chi connectivity index (χ1v) is 7.83. The van der Waals surface area contributed by atoms with Crippen molar-refractivity contribution >= 4 is 5.91 Å². The molecular weight excluding hydrogens is 264 g/mol. The highest BCUT2D eigenvalue weighted by atomic mass is 16.5. The number of piperidine rings is 1. The topological polar surface area (TPSA) is 41.6 Å². The van der Waals surface area contributed by atoms with E-state index in [1.165, 1.54) is 18.4 Å². The second-order valence-corrected chi connectivity index (χ2v) is 5.65. The number of ether oxygens (including phenoxy) is 1. The first-order valence-electron chi connectivity index (χ1n) is 7.83. The molecule has 1 amide bonds. The van der Waals surface area contributed by atoms with E-state index >= 15 is 0 Å². The van der Waals surface area contributed by atoms with Gasteiger partial charge in [0.1, 0.15) is 0 Å². The Labute approximate surface area is 127 Å². The Balaban J connectivity index is 1.82. The molecule has 1 fully saturated rings. The molecule has 1 aliphatic heterocycles. The predicted octanol–water partition coefficient (Wildman–Crippen LogP) is 2.19. The fourth-order valence-electron chi connectivity index (χ4n) is 2.83. The molecule has 2 rings (SSSR count). The third kappa shape index (κ3) is 5.48. The van der Waals surface area contributed by atoms with Gasteiger partial charge in [0.2, 0.25) is 5.91 Å². The molecule has 4 nitrogen and oxygen atoms in total. The molecule has 0 spiro atoms. The normalized spacial score (nSPS) is 19.4. The van der Waals surface area contributed by atoms with E-state index in [1.807, 2.05) is 6.07 Å². The Kier molecular flexibility index (Phi) is 6.70. The molecule has 0 aromatic heterocycles. The van der Waals surface area contributed by atoms with E-state index in [9.17, 15) is 4.79 Å². The van der Waals surface area contributed by atoms with E-state index in [2.05, 4.69) is 34.5 Å². The number of hydrogen-bond donors (Lipinski definition) is 1. The van der Waals surface area contributed by atoms with Gasteiger partial charge in [0.25, 0.3) is 0 Å². The van der Waals surface area contributed by atoms with E-state index in [1.54, 1.807) is 7.11 Å². The number of likely N-dealkylation sites (tertiary alicyclic amines) is 1. The Bertz CT molecular complexity index is 422. The van der Waals surface area contributed by atoms with Gasteiger partial charge in [-0.1, -0.05) is 36.8 Å². The summed E-state index contributed by atoms with van der Waals surface area (Å²) in [4.78, 5) is 14.2. The van der Waals surface area contributed by atoms with Crippen molar-refractivity contribution in [2.75, 3.05) is 26.8 Å². The van der Waals surface area contributed by atoms with Crippen LogP contribution in [0.2, 0.25) is 0 Å². The van der Waals surface area contributed by atoms with Crippen molar-refractivity contribution in [3.63, 3.8) is 0 Å². The fraction of sp³-hybridized carbons (Fsp3) is 0.588. The zero-order valence-electron chi connectivity index (χ0n) is 12.9. The third-order valence-electron chi connectivity index (χ3n) is 4.05. The molecular formula is C17H26N2O2. The van der Waals surface area contributed by atoms with Crippen LogP contribution in [0.3, 0.4) is 0 Å². The van der Waals surface area contributed by atoms with Gasteiger partial charge in [-0.3, -0.25) is 9.69 Å².